The van der Waals surface area contributed by atoms with E-state index in [1.807, 2.05) is 38.1 Å². The van der Waals surface area contributed by atoms with Crippen molar-refractivity contribution in [3.63, 3.8) is 0 Å². The monoisotopic (exact) mass is 448 g/mol. The zero-order valence-corrected chi connectivity index (χ0v) is 18.6. The molecule has 160 valence electrons. The smallest absolute Gasteiger partial charge is 0.309 e. The molecule has 3 heterocycles. The number of nitrogens with zero attached hydrogens (tertiary/aromatic N) is 4. The number of rotatable bonds is 6. The molecular formula is C21H25ClN4O3S. The number of halogens is 1. The molecule has 0 unspecified atom stereocenters. The number of aromatic nitrogens is 3. The minimum atomic E-state index is -0.163. The topological polar surface area (TPSA) is 80.0 Å². The van der Waals surface area contributed by atoms with Gasteiger partial charge in [0.2, 0.25) is 10.8 Å². The molecular weight excluding hydrogens is 424 g/mol. The molecule has 1 saturated heterocycles. The van der Waals surface area contributed by atoms with E-state index < -0.39 is 0 Å². The van der Waals surface area contributed by atoms with Crippen LogP contribution in [0.2, 0.25) is 5.02 Å². The van der Waals surface area contributed by atoms with Gasteiger partial charge in [0.15, 0.2) is 5.82 Å². The molecule has 1 N–H and O–H groups in total. The Bertz CT molecular complexity index is 1020. The summed E-state index contributed by atoms with van der Waals surface area (Å²) >= 11 is 7.56. The summed E-state index contributed by atoms with van der Waals surface area (Å²) < 4.78 is 6.72. The van der Waals surface area contributed by atoms with Gasteiger partial charge in [0, 0.05) is 11.4 Å². The molecule has 2 aromatic heterocycles. The SMILES string of the molecule is CCOC(=O)C1CCN([C@@H](c2ccc(Cl)cc2)c2sc3nc(CC)nn3c2O)CC1. The van der Waals surface area contributed by atoms with E-state index >= 15 is 0 Å². The van der Waals surface area contributed by atoms with E-state index in [0.717, 1.165) is 36.4 Å². The maximum absolute atomic E-state index is 12.1. The number of aryl methyl sites for hydroxylation is 1. The van der Waals surface area contributed by atoms with Crippen molar-refractivity contribution in [3.05, 3.63) is 45.6 Å². The van der Waals surface area contributed by atoms with Crippen LogP contribution < -0.4 is 0 Å². The first-order valence-corrected chi connectivity index (χ1v) is 11.4. The van der Waals surface area contributed by atoms with Crippen LogP contribution in [0.1, 0.15) is 49.0 Å². The highest BCUT2D eigenvalue weighted by atomic mass is 35.5. The lowest BCUT2D eigenvalue weighted by atomic mass is 9.93. The summed E-state index contributed by atoms with van der Waals surface area (Å²) in [5, 5.41) is 16.0. The molecule has 1 aliphatic heterocycles. The summed E-state index contributed by atoms with van der Waals surface area (Å²) in [4.78, 5) is 20.4. The molecule has 1 fully saturated rings. The molecule has 1 atom stereocenters. The van der Waals surface area contributed by atoms with Crippen molar-refractivity contribution in [1.29, 1.82) is 0 Å². The predicted octanol–water partition coefficient (Wildman–Crippen LogP) is 4.08. The first-order valence-electron chi connectivity index (χ1n) is 10.2. The zero-order valence-electron chi connectivity index (χ0n) is 17.0. The summed E-state index contributed by atoms with van der Waals surface area (Å²) in [5.41, 5.74) is 1.03. The summed E-state index contributed by atoms with van der Waals surface area (Å²) in [6, 6.07) is 7.52. The lowest BCUT2D eigenvalue weighted by Crippen LogP contribution is -2.39. The molecule has 0 bridgehead atoms. The zero-order chi connectivity index (χ0) is 21.3. The average Bonchev–Trinajstić information content (AvgIpc) is 3.29. The van der Waals surface area contributed by atoms with Crippen LogP contribution in [0.25, 0.3) is 4.96 Å². The number of benzene rings is 1. The molecule has 4 rings (SSSR count). The van der Waals surface area contributed by atoms with Crippen molar-refractivity contribution >= 4 is 33.9 Å². The maximum Gasteiger partial charge on any atom is 0.309 e. The van der Waals surface area contributed by atoms with Crippen LogP contribution in [0.4, 0.5) is 0 Å². The maximum atomic E-state index is 12.1. The number of carbonyl (C=O) groups is 1. The third kappa shape index (κ3) is 4.04. The molecule has 1 aromatic carbocycles. The summed E-state index contributed by atoms with van der Waals surface area (Å²) in [7, 11) is 0. The molecule has 30 heavy (non-hydrogen) atoms. The van der Waals surface area contributed by atoms with Crippen LogP contribution >= 0.6 is 22.9 Å². The molecule has 0 aliphatic carbocycles. The molecule has 0 spiro atoms. The number of piperidine rings is 1. The van der Waals surface area contributed by atoms with Crippen LogP contribution in [0.5, 0.6) is 5.88 Å². The number of aromatic hydroxyl groups is 1. The van der Waals surface area contributed by atoms with E-state index in [4.69, 9.17) is 16.3 Å². The highest BCUT2D eigenvalue weighted by Crippen LogP contribution is 2.41. The fourth-order valence-electron chi connectivity index (χ4n) is 3.95. The van der Waals surface area contributed by atoms with E-state index in [2.05, 4.69) is 15.0 Å². The Balaban J connectivity index is 1.66. The predicted molar refractivity (Wildman–Crippen MR) is 116 cm³/mol. The van der Waals surface area contributed by atoms with Crippen molar-refractivity contribution in [3.8, 4) is 5.88 Å². The lowest BCUT2D eigenvalue weighted by molar-refractivity contribution is -0.149. The molecule has 0 saturated carbocycles. The van der Waals surface area contributed by atoms with Gasteiger partial charge in [-0.1, -0.05) is 42.0 Å². The number of fused-ring (bicyclic) bond motifs is 1. The van der Waals surface area contributed by atoms with Gasteiger partial charge in [-0.15, -0.1) is 5.10 Å². The summed E-state index contributed by atoms with van der Waals surface area (Å²) in [6.45, 7) is 5.68. The Hall–Kier alpha value is -2.16. The van der Waals surface area contributed by atoms with Gasteiger partial charge in [-0.2, -0.15) is 4.52 Å². The second-order valence-corrected chi connectivity index (χ2v) is 8.83. The van der Waals surface area contributed by atoms with Gasteiger partial charge in [0.1, 0.15) is 0 Å². The van der Waals surface area contributed by atoms with Crippen LogP contribution in [-0.4, -0.2) is 50.3 Å². The summed E-state index contributed by atoms with van der Waals surface area (Å²) in [6.07, 6.45) is 2.17. The molecule has 1 aliphatic rings. The highest BCUT2D eigenvalue weighted by Gasteiger charge is 2.34. The van der Waals surface area contributed by atoms with Gasteiger partial charge in [0.05, 0.1) is 23.4 Å². The Kier molecular flexibility index (Phi) is 6.26. The van der Waals surface area contributed by atoms with Gasteiger partial charge in [-0.25, -0.2) is 4.98 Å². The van der Waals surface area contributed by atoms with E-state index in [0.29, 0.717) is 28.8 Å². The summed E-state index contributed by atoms with van der Waals surface area (Å²) in [5.74, 6) is 0.639. The van der Waals surface area contributed by atoms with Gasteiger partial charge in [-0.05, 0) is 50.6 Å². The standard InChI is InChI=1S/C21H25ClN4O3S/c1-3-16-23-21-26(24-16)19(27)18(30-21)17(13-5-7-15(22)8-6-13)25-11-9-14(10-12-25)20(28)29-4-2/h5-8,14,17,27H,3-4,9-12H2,1-2H3/t17-/m0/s1. The second kappa shape index (κ2) is 8.91. The third-order valence-corrected chi connectivity index (χ3v) is 6.83. The number of thiazole rings is 1. The quantitative estimate of drug-likeness (QED) is 0.572. The van der Waals surface area contributed by atoms with Crippen molar-refractivity contribution in [2.45, 2.75) is 39.2 Å². The van der Waals surface area contributed by atoms with Crippen LogP contribution in [0.15, 0.2) is 24.3 Å². The van der Waals surface area contributed by atoms with Gasteiger partial charge >= 0.3 is 5.97 Å². The highest BCUT2D eigenvalue weighted by molar-refractivity contribution is 7.17. The molecule has 0 amide bonds. The fourth-order valence-corrected chi connectivity index (χ4v) is 5.21. The minimum Gasteiger partial charge on any atom is -0.492 e. The minimum absolute atomic E-state index is 0.0740. The van der Waals surface area contributed by atoms with E-state index in [9.17, 15) is 9.90 Å². The van der Waals surface area contributed by atoms with Gasteiger partial charge < -0.3 is 9.84 Å². The molecule has 3 aromatic rings. The van der Waals surface area contributed by atoms with Crippen molar-refractivity contribution in [1.82, 2.24) is 19.5 Å². The normalized spacial score (nSPS) is 16.8. The number of hydrogen-bond donors (Lipinski definition) is 1. The molecule has 0 radical (unpaired) electrons. The van der Waals surface area contributed by atoms with E-state index in [-0.39, 0.29) is 23.8 Å². The Morgan fingerprint density at radius 2 is 2.00 bits per heavy atom. The largest absolute Gasteiger partial charge is 0.492 e. The Morgan fingerprint density at radius 3 is 2.60 bits per heavy atom. The number of esters is 1. The molecule has 7 nitrogen and oxygen atoms in total. The number of ether oxygens (including phenoxy) is 1. The Morgan fingerprint density at radius 1 is 1.30 bits per heavy atom. The van der Waals surface area contributed by atoms with E-state index in [1.54, 1.807) is 0 Å². The van der Waals surface area contributed by atoms with Crippen molar-refractivity contribution < 1.29 is 14.6 Å². The van der Waals surface area contributed by atoms with Crippen LogP contribution in [-0.2, 0) is 16.0 Å². The van der Waals surface area contributed by atoms with Crippen molar-refractivity contribution in [2.24, 2.45) is 5.92 Å². The van der Waals surface area contributed by atoms with Crippen LogP contribution in [0, 0.1) is 5.92 Å². The number of carbonyl (C=O) groups excluding carboxylic acids is 1. The van der Waals surface area contributed by atoms with Gasteiger partial charge in [0.25, 0.3) is 0 Å². The van der Waals surface area contributed by atoms with Crippen LogP contribution in [0.3, 0.4) is 0 Å². The van der Waals surface area contributed by atoms with E-state index in [1.165, 1.54) is 15.9 Å². The molecule has 9 heteroatoms. The van der Waals surface area contributed by atoms with Crippen molar-refractivity contribution in [2.75, 3.05) is 19.7 Å². The first kappa shape index (κ1) is 21.1. The lowest BCUT2D eigenvalue weighted by Gasteiger charge is -2.36. The fraction of sp³-hybridized carbons (Fsp3) is 0.476. The third-order valence-electron chi connectivity index (χ3n) is 5.51. The number of likely N-dealkylation sites (tertiary alicyclic amines) is 1. The Labute approximate surface area is 184 Å². The number of hydrogen-bond acceptors (Lipinski definition) is 7. The first-order chi connectivity index (χ1) is 14.5. The van der Waals surface area contributed by atoms with Gasteiger partial charge in [-0.3, -0.25) is 9.69 Å². The average molecular weight is 449 g/mol. The second-order valence-electron chi connectivity index (χ2n) is 7.38.